The molecule has 0 aliphatic heterocycles. The Kier molecular flexibility index (Phi) is 3.64. The molecule has 1 heterocycles. The summed E-state index contributed by atoms with van der Waals surface area (Å²) in [7, 11) is -3.15. The molecule has 0 saturated carbocycles. The topological polar surface area (TPSA) is 60.2 Å². The molecule has 0 fully saturated rings. The summed E-state index contributed by atoms with van der Waals surface area (Å²) in [4.78, 5) is 4.27. The first kappa shape index (κ1) is 13.4. The van der Waals surface area contributed by atoms with Gasteiger partial charge in [-0.2, -0.15) is 0 Å². The molecule has 0 saturated heterocycles. The zero-order valence-corrected chi connectivity index (χ0v) is 11.7. The molecule has 2 aromatic rings. The van der Waals surface area contributed by atoms with E-state index >= 15 is 0 Å². The Morgan fingerprint density at radius 1 is 1.39 bits per heavy atom. The number of oxazole rings is 1. The Morgan fingerprint density at radius 3 is 2.67 bits per heavy atom. The Morgan fingerprint density at radius 2 is 2.06 bits per heavy atom. The zero-order chi connectivity index (χ0) is 13.3. The van der Waals surface area contributed by atoms with Gasteiger partial charge in [-0.15, -0.1) is 11.6 Å². The van der Waals surface area contributed by atoms with Gasteiger partial charge in [-0.3, -0.25) is 0 Å². The molecule has 0 aliphatic rings. The maximum absolute atomic E-state index is 11.4. The molecular weight excluding hydrogens is 274 g/mol. The van der Waals surface area contributed by atoms with E-state index in [1.807, 2.05) is 24.3 Å². The number of para-hydroxylation sites is 2. The fourth-order valence-corrected chi connectivity index (χ4v) is 2.93. The molecule has 0 N–H and O–H groups in total. The van der Waals surface area contributed by atoms with Crippen molar-refractivity contribution in [3.05, 3.63) is 30.2 Å². The average Bonchev–Trinajstić information content (AvgIpc) is 2.68. The van der Waals surface area contributed by atoms with Crippen LogP contribution in [0.25, 0.3) is 11.1 Å². The average molecular weight is 288 g/mol. The van der Waals surface area contributed by atoms with Crippen molar-refractivity contribution in [3.63, 3.8) is 0 Å². The first-order chi connectivity index (χ1) is 8.38. The van der Waals surface area contributed by atoms with Gasteiger partial charge in [0.1, 0.15) is 5.52 Å². The lowest BCUT2D eigenvalue weighted by Gasteiger charge is -2.14. The number of hydrogen-bond donors (Lipinski definition) is 0. The lowest BCUT2D eigenvalue weighted by molar-refractivity contribution is 0.516. The van der Waals surface area contributed by atoms with E-state index in [1.165, 1.54) is 6.26 Å². The third-order valence-corrected chi connectivity index (χ3v) is 5.25. The SMILES string of the molecule is CC(C(Cl)Cc1nc2ccccc2o1)S(C)(=O)=O. The smallest absolute Gasteiger partial charge is 0.197 e. The van der Waals surface area contributed by atoms with Gasteiger partial charge in [0, 0.05) is 12.7 Å². The second-order valence-corrected chi connectivity index (χ2v) is 7.29. The highest BCUT2D eigenvalue weighted by Gasteiger charge is 2.25. The van der Waals surface area contributed by atoms with E-state index < -0.39 is 20.5 Å². The van der Waals surface area contributed by atoms with E-state index in [-0.39, 0.29) is 0 Å². The summed E-state index contributed by atoms with van der Waals surface area (Å²) < 4.78 is 28.3. The maximum Gasteiger partial charge on any atom is 0.197 e. The second-order valence-electron chi connectivity index (χ2n) is 4.33. The van der Waals surface area contributed by atoms with Gasteiger partial charge < -0.3 is 4.42 Å². The van der Waals surface area contributed by atoms with Crippen LogP contribution in [0.3, 0.4) is 0 Å². The molecule has 0 spiro atoms. The molecule has 2 atom stereocenters. The fraction of sp³-hybridized carbons (Fsp3) is 0.417. The molecule has 4 nitrogen and oxygen atoms in total. The summed E-state index contributed by atoms with van der Waals surface area (Å²) in [6.45, 7) is 1.59. The molecule has 2 unspecified atom stereocenters. The van der Waals surface area contributed by atoms with E-state index in [4.69, 9.17) is 16.0 Å². The minimum absolute atomic E-state index is 0.296. The highest BCUT2D eigenvalue weighted by Crippen LogP contribution is 2.20. The van der Waals surface area contributed by atoms with Crippen molar-refractivity contribution in [1.82, 2.24) is 4.98 Å². The molecule has 2 rings (SSSR count). The molecule has 1 aromatic carbocycles. The van der Waals surface area contributed by atoms with E-state index in [0.717, 1.165) is 5.52 Å². The number of halogens is 1. The Hall–Kier alpha value is -1.07. The minimum Gasteiger partial charge on any atom is -0.441 e. The Bertz CT molecular complexity index is 617. The van der Waals surface area contributed by atoms with E-state index in [2.05, 4.69) is 4.98 Å². The van der Waals surface area contributed by atoms with Crippen molar-refractivity contribution in [2.45, 2.75) is 24.0 Å². The summed E-state index contributed by atoms with van der Waals surface area (Å²) in [6.07, 6.45) is 1.48. The quantitative estimate of drug-likeness (QED) is 0.810. The van der Waals surface area contributed by atoms with Gasteiger partial charge in [0.2, 0.25) is 0 Å². The molecule has 0 radical (unpaired) electrons. The number of aromatic nitrogens is 1. The van der Waals surface area contributed by atoms with Crippen LogP contribution in [0, 0.1) is 0 Å². The van der Waals surface area contributed by atoms with Crippen molar-refractivity contribution in [2.24, 2.45) is 0 Å². The first-order valence-corrected chi connectivity index (χ1v) is 7.94. The molecule has 6 heteroatoms. The number of hydrogen-bond acceptors (Lipinski definition) is 4. The van der Waals surface area contributed by atoms with Crippen molar-refractivity contribution >= 4 is 32.5 Å². The third-order valence-electron chi connectivity index (χ3n) is 2.89. The van der Waals surface area contributed by atoms with Crippen LogP contribution in [0.2, 0.25) is 0 Å². The molecule has 0 aliphatic carbocycles. The van der Waals surface area contributed by atoms with Gasteiger partial charge in [0.05, 0.1) is 10.6 Å². The van der Waals surface area contributed by atoms with Gasteiger partial charge >= 0.3 is 0 Å². The fourth-order valence-electron chi connectivity index (χ4n) is 1.61. The van der Waals surface area contributed by atoms with Crippen LogP contribution >= 0.6 is 11.6 Å². The summed E-state index contributed by atoms with van der Waals surface area (Å²) >= 11 is 6.10. The predicted molar refractivity (Wildman–Crippen MR) is 71.7 cm³/mol. The number of benzene rings is 1. The second kappa shape index (κ2) is 4.90. The summed E-state index contributed by atoms with van der Waals surface area (Å²) in [6, 6.07) is 7.38. The highest BCUT2D eigenvalue weighted by atomic mass is 35.5. The lowest BCUT2D eigenvalue weighted by Crippen LogP contribution is -2.28. The van der Waals surface area contributed by atoms with Gasteiger partial charge in [-0.25, -0.2) is 13.4 Å². The van der Waals surface area contributed by atoms with Crippen molar-refractivity contribution < 1.29 is 12.8 Å². The molecule has 18 heavy (non-hydrogen) atoms. The molecule has 0 amide bonds. The van der Waals surface area contributed by atoms with Crippen LogP contribution in [-0.4, -0.2) is 30.3 Å². The first-order valence-electron chi connectivity index (χ1n) is 5.55. The third kappa shape index (κ3) is 2.84. The number of fused-ring (bicyclic) bond motifs is 1. The summed E-state index contributed by atoms with van der Waals surface area (Å²) in [5.74, 6) is 0.465. The van der Waals surface area contributed by atoms with Crippen LogP contribution in [-0.2, 0) is 16.3 Å². The van der Waals surface area contributed by atoms with Gasteiger partial charge in [-0.1, -0.05) is 12.1 Å². The number of rotatable bonds is 4. The van der Waals surface area contributed by atoms with Crippen LogP contribution < -0.4 is 0 Å². The zero-order valence-electron chi connectivity index (χ0n) is 10.1. The van der Waals surface area contributed by atoms with E-state index in [9.17, 15) is 8.42 Å². The van der Waals surface area contributed by atoms with Crippen LogP contribution in [0.4, 0.5) is 0 Å². The van der Waals surface area contributed by atoms with Gasteiger partial charge in [0.15, 0.2) is 21.3 Å². The number of sulfone groups is 1. The molecule has 0 bridgehead atoms. The maximum atomic E-state index is 11.4. The van der Waals surface area contributed by atoms with Crippen LogP contribution in [0.5, 0.6) is 0 Å². The monoisotopic (exact) mass is 287 g/mol. The van der Waals surface area contributed by atoms with E-state index in [0.29, 0.717) is 17.9 Å². The minimum atomic E-state index is -3.15. The van der Waals surface area contributed by atoms with Gasteiger partial charge in [-0.05, 0) is 19.1 Å². The van der Waals surface area contributed by atoms with Crippen molar-refractivity contribution in [2.75, 3.05) is 6.26 Å². The number of alkyl halides is 1. The summed E-state index contributed by atoms with van der Waals surface area (Å²) in [5, 5.41) is -1.18. The number of nitrogens with zero attached hydrogens (tertiary/aromatic N) is 1. The summed E-state index contributed by atoms with van der Waals surface area (Å²) in [5.41, 5.74) is 1.44. The predicted octanol–water partition coefficient (Wildman–Crippen LogP) is 2.41. The van der Waals surface area contributed by atoms with Crippen molar-refractivity contribution in [3.8, 4) is 0 Å². The molecular formula is C12H14ClNO3S. The highest BCUT2D eigenvalue weighted by molar-refractivity contribution is 7.91. The Labute approximate surface area is 111 Å². The van der Waals surface area contributed by atoms with Crippen LogP contribution in [0.1, 0.15) is 12.8 Å². The van der Waals surface area contributed by atoms with Crippen LogP contribution in [0.15, 0.2) is 28.7 Å². The molecule has 98 valence electrons. The standard InChI is InChI=1S/C12H14ClNO3S/c1-8(18(2,15)16)9(13)7-12-14-10-5-3-4-6-11(10)17-12/h3-6,8-9H,7H2,1-2H3. The van der Waals surface area contributed by atoms with Gasteiger partial charge in [0.25, 0.3) is 0 Å². The lowest BCUT2D eigenvalue weighted by atomic mass is 10.2. The Balaban J connectivity index is 2.19. The van der Waals surface area contributed by atoms with E-state index in [1.54, 1.807) is 6.92 Å². The largest absolute Gasteiger partial charge is 0.441 e. The molecule has 1 aromatic heterocycles. The van der Waals surface area contributed by atoms with Crippen molar-refractivity contribution in [1.29, 1.82) is 0 Å². The normalized spacial score (nSPS) is 15.7.